The lowest BCUT2D eigenvalue weighted by Gasteiger charge is -2.18. The number of thiophene rings is 1. The van der Waals surface area contributed by atoms with Crippen LogP contribution in [0.3, 0.4) is 0 Å². The molecule has 3 rings (SSSR count). The number of methoxy groups -OCH3 is 1. The van der Waals surface area contributed by atoms with E-state index < -0.39 is 18.5 Å². The zero-order valence-electron chi connectivity index (χ0n) is 16.4. The fourth-order valence-electron chi connectivity index (χ4n) is 2.58. The number of likely N-dealkylation sites (N-methyl/N-ethyl adjacent to an activating group) is 1. The maximum absolute atomic E-state index is 12.3. The van der Waals surface area contributed by atoms with Crippen LogP contribution in [0.5, 0.6) is 5.75 Å². The first kappa shape index (κ1) is 21.1. The van der Waals surface area contributed by atoms with E-state index in [1.165, 1.54) is 23.3 Å². The van der Waals surface area contributed by atoms with E-state index in [-0.39, 0.29) is 16.5 Å². The number of nitrogens with zero attached hydrogens (tertiary/aromatic N) is 1. The zero-order chi connectivity index (χ0) is 21.5. The first-order chi connectivity index (χ1) is 14.5. The van der Waals surface area contributed by atoms with Crippen molar-refractivity contribution in [3.8, 4) is 5.75 Å². The Morgan fingerprint density at radius 2 is 1.90 bits per heavy atom. The van der Waals surface area contributed by atoms with Crippen LogP contribution in [-0.2, 0) is 16.1 Å². The van der Waals surface area contributed by atoms with E-state index in [4.69, 9.17) is 13.9 Å². The van der Waals surface area contributed by atoms with E-state index in [1.807, 2.05) is 24.3 Å². The second-order valence-electron chi connectivity index (χ2n) is 6.23. The van der Waals surface area contributed by atoms with Gasteiger partial charge in [0.05, 0.1) is 18.4 Å². The number of benzene rings is 1. The van der Waals surface area contributed by atoms with Crippen LogP contribution >= 0.6 is 11.3 Å². The average Bonchev–Trinajstić information content (AvgIpc) is 3.44. The molecule has 0 atom stereocenters. The molecule has 0 bridgehead atoms. The van der Waals surface area contributed by atoms with Crippen LogP contribution in [0.1, 0.15) is 25.8 Å². The molecule has 2 amide bonds. The molecule has 1 N–H and O–H groups in total. The first-order valence-electron chi connectivity index (χ1n) is 8.95. The first-order valence-corrected chi connectivity index (χ1v) is 9.77. The second-order valence-corrected chi connectivity index (χ2v) is 7.32. The standard InChI is InChI=1S/C21H20N2O6S/c1-23(12-14-6-3-4-7-15(14)27-2)19(24)13-29-21(26)17-9-10-18(30-17)22-20(25)16-8-5-11-28-16/h3-11H,12-13H2,1-2H3,(H,22,25). The van der Waals surface area contributed by atoms with Gasteiger partial charge in [-0.2, -0.15) is 0 Å². The molecule has 0 radical (unpaired) electrons. The SMILES string of the molecule is COc1ccccc1CN(C)C(=O)COC(=O)c1ccc(NC(=O)c2ccco2)s1. The highest BCUT2D eigenvalue weighted by Crippen LogP contribution is 2.23. The highest BCUT2D eigenvalue weighted by molar-refractivity contribution is 7.18. The number of hydrogen-bond donors (Lipinski definition) is 1. The maximum atomic E-state index is 12.3. The number of carbonyl (C=O) groups is 3. The third-order valence-corrected chi connectivity index (χ3v) is 5.12. The molecule has 0 aliphatic carbocycles. The van der Waals surface area contributed by atoms with Gasteiger partial charge in [-0.1, -0.05) is 18.2 Å². The van der Waals surface area contributed by atoms with Crippen molar-refractivity contribution in [2.24, 2.45) is 0 Å². The number of esters is 1. The van der Waals surface area contributed by atoms with E-state index in [9.17, 15) is 14.4 Å². The molecule has 0 unspecified atom stereocenters. The minimum atomic E-state index is -0.641. The van der Waals surface area contributed by atoms with Gasteiger partial charge in [-0.25, -0.2) is 4.79 Å². The van der Waals surface area contributed by atoms with Gasteiger partial charge in [0.1, 0.15) is 10.6 Å². The molecule has 0 saturated heterocycles. The quantitative estimate of drug-likeness (QED) is 0.552. The number of nitrogens with one attached hydrogen (secondary N) is 1. The molecule has 0 spiro atoms. The Labute approximate surface area is 177 Å². The van der Waals surface area contributed by atoms with E-state index in [1.54, 1.807) is 26.3 Å². The summed E-state index contributed by atoms with van der Waals surface area (Å²) in [6, 6.07) is 13.6. The fraction of sp³-hybridized carbons (Fsp3) is 0.190. The summed E-state index contributed by atoms with van der Waals surface area (Å²) in [4.78, 5) is 38.2. The van der Waals surface area contributed by atoms with Crippen molar-refractivity contribution in [3.63, 3.8) is 0 Å². The van der Waals surface area contributed by atoms with Crippen molar-refractivity contribution in [2.45, 2.75) is 6.54 Å². The van der Waals surface area contributed by atoms with Crippen molar-refractivity contribution in [1.82, 2.24) is 4.90 Å². The molecule has 30 heavy (non-hydrogen) atoms. The number of furan rings is 1. The molecule has 0 aliphatic heterocycles. The lowest BCUT2D eigenvalue weighted by molar-refractivity contribution is -0.133. The van der Waals surface area contributed by atoms with Crippen LogP contribution in [-0.4, -0.2) is 43.4 Å². The molecular weight excluding hydrogens is 408 g/mol. The molecule has 9 heteroatoms. The van der Waals surface area contributed by atoms with Gasteiger partial charge in [-0.15, -0.1) is 11.3 Å². The summed E-state index contributed by atoms with van der Waals surface area (Å²) < 4.78 is 15.4. The predicted molar refractivity (Wildman–Crippen MR) is 111 cm³/mol. The van der Waals surface area contributed by atoms with Gasteiger partial charge in [-0.3, -0.25) is 9.59 Å². The van der Waals surface area contributed by atoms with Crippen LogP contribution in [0.15, 0.2) is 59.2 Å². The van der Waals surface area contributed by atoms with E-state index in [2.05, 4.69) is 5.32 Å². The summed E-state index contributed by atoms with van der Waals surface area (Å²) in [6.07, 6.45) is 1.40. The number of ether oxygens (including phenoxy) is 2. The summed E-state index contributed by atoms with van der Waals surface area (Å²) in [5.41, 5.74) is 0.845. The van der Waals surface area contributed by atoms with Gasteiger partial charge in [0.15, 0.2) is 12.4 Å². The summed E-state index contributed by atoms with van der Waals surface area (Å²) in [6.45, 7) is -0.0706. The van der Waals surface area contributed by atoms with Crippen LogP contribution in [0, 0.1) is 0 Å². The van der Waals surface area contributed by atoms with Crippen molar-refractivity contribution in [2.75, 3.05) is 26.1 Å². The van der Waals surface area contributed by atoms with E-state index >= 15 is 0 Å². The number of anilines is 1. The Morgan fingerprint density at radius 3 is 2.63 bits per heavy atom. The molecule has 1 aromatic carbocycles. The van der Waals surface area contributed by atoms with Gasteiger partial charge in [0.25, 0.3) is 11.8 Å². The van der Waals surface area contributed by atoms with Crippen molar-refractivity contribution >= 4 is 34.1 Å². The van der Waals surface area contributed by atoms with Gasteiger partial charge >= 0.3 is 5.97 Å². The monoisotopic (exact) mass is 428 g/mol. The Morgan fingerprint density at radius 1 is 1.10 bits per heavy atom. The fourth-order valence-corrected chi connectivity index (χ4v) is 3.38. The maximum Gasteiger partial charge on any atom is 0.348 e. The lowest BCUT2D eigenvalue weighted by Crippen LogP contribution is -2.30. The molecule has 0 fully saturated rings. The second kappa shape index (κ2) is 9.75. The van der Waals surface area contributed by atoms with Gasteiger partial charge in [-0.05, 0) is 30.3 Å². The Bertz CT molecular complexity index is 1030. The highest BCUT2D eigenvalue weighted by Gasteiger charge is 2.17. The number of para-hydroxylation sites is 1. The molecule has 156 valence electrons. The largest absolute Gasteiger partial charge is 0.496 e. The normalized spacial score (nSPS) is 10.3. The molecule has 0 saturated carbocycles. The number of rotatable bonds is 8. The minimum Gasteiger partial charge on any atom is -0.496 e. The topological polar surface area (TPSA) is 98.1 Å². The summed E-state index contributed by atoms with van der Waals surface area (Å²) in [7, 11) is 3.19. The number of amides is 2. The highest BCUT2D eigenvalue weighted by atomic mass is 32.1. The third-order valence-electron chi connectivity index (χ3n) is 4.14. The number of carbonyl (C=O) groups excluding carboxylic acids is 3. The molecule has 2 heterocycles. The molecular formula is C21H20N2O6S. The zero-order valence-corrected chi connectivity index (χ0v) is 17.2. The summed E-state index contributed by atoms with van der Waals surface area (Å²) in [5.74, 6) is -0.572. The predicted octanol–water partition coefficient (Wildman–Crippen LogP) is 3.42. The molecule has 8 nitrogen and oxygen atoms in total. The summed E-state index contributed by atoms with van der Waals surface area (Å²) >= 11 is 1.04. The van der Waals surface area contributed by atoms with Crippen LogP contribution in [0.25, 0.3) is 0 Å². The Kier molecular flexibility index (Phi) is 6.87. The van der Waals surface area contributed by atoms with Crippen LogP contribution in [0.2, 0.25) is 0 Å². The van der Waals surface area contributed by atoms with Crippen molar-refractivity contribution < 1.29 is 28.3 Å². The van der Waals surface area contributed by atoms with Crippen molar-refractivity contribution in [1.29, 1.82) is 0 Å². The molecule has 2 aromatic heterocycles. The van der Waals surface area contributed by atoms with Gasteiger partial charge in [0, 0.05) is 19.2 Å². The van der Waals surface area contributed by atoms with Crippen molar-refractivity contribution in [3.05, 3.63) is 71.0 Å². The molecule has 0 aliphatic rings. The smallest absolute Gasteiger partial charge is 0.348 e. The minimum absolute atomic E-state index is 0.163. The van der Waals surface area contributed by atoms with Crippen LogP contribution < -0.4 is 10.1 Å². The van der Waals surface area contributed by atoms with E-state index in [0.717, 1.165) is 16.9 Å². The van der Waals surface area contributed by atoms with Gasteiger partial charge < -0.3 is 24.1 Å². The molecule has 3 aromatic rings. The Balaban J connectivity index is 1.50. The third kappa shape index (κ3) is 5.26. The number of hydrogen-bond acceptors (Lipinski definition) is 7. The van der Waals surface area contributed by atoms with Crippen LogP contribution in [0.4, 0.5) is 5.00 Å². The van der Waals surface area contributed by atoms with Gasteiger partial charge in [0.2, 0.25) is 0 Å². The Hall–Kier alpha value is -3.59. The lowest BCUT2D eigenvalue weighted by atomic mass is 10.2. The van der Waals surface area contributed by atoms with E-state index in [0.29, 0.717) is 17.3 Å². The summed E-state index contributed by atoms with van der Waals surface area (Å²) in [5, 5.41) is 3.09. The average molecular weight is 428 g/mol.